The van der Waals surface area contributed by atoms with Crippen molar-refractivity contribution in [3.05, 3.63) is 21.9 Å². The topological polar surface area (TPSA) is 47.3 Å². The highest BCUT2D eigenvalue weighted by Crippen LogP contribution is 2.42. The summed E-state index contributed by atoms with van der Waals surface area (Å²) in [4.78, 5) is 2.61. The molecule has 1 saturated carbocycles. The van der Waals surface area contributed by atoms with Gasteiger partial charge in [-0.1, -0.05) is 19.3 Å². The van der Waals surface area contributed by atoms with E-state index < -0.39 is 0 Å². The van der Waals surface area contributed by atoms with Gasteiger partial charge in [-0.3, -0.25) is 5.84 Å². The normalized spacial score (nSPS) is 21.4. The SMILES string of the molecule is COC1(C(NN)c2ccc(C)s2)CCCCC1. The lowest BCUT2D eigenvalue weighted by Gasteiger charge is -2.41. The van der Waals surface area contributed by atoms with E-state index in [4.69, 9.17) is 10.6 Å². The van der Waals surface area contributed by atoms with Crippen LogP contribution in [0.3, 0.4) is 0 Å². The minimum absolute atomic E-state index is 0.117. The Kier molecular flexibility index (Phi) is 4.20. The number of thiophene rings is 1. The Morgan fingerprint density at radius 3 is 2.53 bits per heavy atom. The van der Waals surface area contributed by atoms with E-state index in [1.165, 1.54) is 29.0 Å². The van der Waals surface area contributed by atoms with Crippen LogP contribution in [-0.4, -0.2) is 12.7 Å². The van der Waals surface area contributed by atoms with Gasteiger partial charge in [0.2, 0.25) is 0 Å². The smallest absolute Gasteiger partial charge is 0.0893 e. The van der Waals surface area contributed by atoms with Crippen molar-refractivity contribution >= 4 is 11.3 Å². The van der Waals surface area contributed by atoms with Crippen LogP contribution >= 0.6 is 11.3 Å². The zero-order valence-electron chi connectivity index (χ0n) is 10.7. The van der Waals surface area contributed by atoms with Crippen molar-refractivity contribution < 1.29 is 4.74 Å². The van der Waals surface area contributed by atoms with Gasteiger partial charge in [0.25, 0.3) is 0 Å². The summed E-state index contributed by atoms with van der Waals surface area (Å²) in [6, 6.07) is 4.43. The maximum Gasteiger partial charge on any atom is 0.0893 e. The van der Waals surface area contributed by atoms with Crippen molar-refractivity contribution in [3.8, 4) is 0 Å². The predicted octanol–water partition coefficient (Wildman–Crippen LogP) is 2.91. The van der Waals surface area contributed by atoms with Gasteiger partial charge in [-0.25, -0.2) is 5.43 Å². The van der Waals surface area contributed by atoms with Crippen LogP contribution in [0.5, 0.6) is 0 Å². The van der Waals surface area contributed by atoms with Crippen LogP contribution in [0.1, 0.15) is 47.9 Å². The largest absolute Gasteiger partial charge is 0.376 e. The molecule has 1 aliphatic rings. The molecule has 0 saturated heterocycles. The van der Waals surface area contributed by atoms with Gasteiger partial charge < -0.3 is 4.74 Å². The third-order valence-electron chi connectivity index (χ3n) is 3.84. The Balaban J connectivity index is 2.26. The van der Waals surface area contributed by atoms with Crippen LogP contribution < -0.4 is 11.3 Å². The van der Waals surface area contributed by atoms with Gasteiger partial charge in [0.05, 0.1) is 11.6 Å². The summed E-state index contributed by atoms with van der Waals surface area (Å²) in [7, 11) is 1.82. The minimum Gasteiger partial charge on any atom is -0.376 e. The van der Waals surface area contributed by atoms with Crippen molar-refractivity contribution in [1.29, 1.82) is 0 Å². The van der Waals surface area contributed by atoms with Crippen LogP contribution in [0.25, 0.3) is 0 Å². The third kappa shape index (κ3) is 2.55. The molecule has 4 heteroatoms. The molecule has 1 aliphatic carbocycles. The maximum atomic E-state index is 5.86. The minimum atomic E-state index is -0.121. The lowest BCUT2D eigenvalue weighted by molar-refractivity contribution is -0.0680. The van der Waals surface area contributed by atoms with Gasteiger partial charge in [0.1, 0.15) is 0 Å². The van der Waals surface area contributed by atoms with E-state index in [1.807, 2.05) is 7.11 Å². The molecule has 3 N–H and O–H groups in total. The number of hydrogen-bond donors (Lipinski definition) is 2. The van der Waals surface area contributed by atoms with E-state index in [2.05, 4.69) is 24.5 Å². The van der Waals surface area contributed by atoms with Gasteiger partial charge in [0, 0.05) is 16.9 Å². The van der Waals surface area contributed by atoms with Crippen molar-refractivity contribution in [2.75, 3.05) is 7.11 Å². The van der Waals surface area contributed by atoms with Crippen molar-refractivity contribution in [2.24, 2.45) is 5.84 Å². The molecule has 0 spiro atoms. The molecule has 96 valence electrons. The lowest BCUT2D eigenvalue weighted by atomic mass is 9.79. The number of hydrazine groups is 1. The molecule has 0 bridgehead atoms. The Labute approximate surface area is 107 Å². The summed E-state index contributed by atoms with van der Waals surface area (Å²) in [5.41, 5.74) is 2.86. The van der Waals surface area contributed by atoms with Crippen molar-refractivity contribution in [2.45, 2.75) is 50.7 Å². The Morgan fingerprint density at radius 1 is 1.35 bits per heavy atom. The average molecular weight is 254 g/mol. The molecule has 0 aliphatic heterocycles. The Hall–Kier alpha value is -0.420. The first-order valence-corrected chi connectivity index (χ1v) is 7.11. The Morgan fingerprint density at radius 2 is 2.06 bits per heavy atom. The summed E-state index contributed by atoms with van der Waals surface area (Å²) < 4.78 is 5.86. The number of hydrogen-bond acceptors (Lipinski definition) is 4. The van der Waals surface area contributed by atoms with Crippen LogP contribution in [0.2, 0.25) is 0 Å². The summed E-state index contributed by atoms with van der Waals surface area (Å²) in [6.07, 6.45) is 5.96. The molecule has 1 heterocycles. The number of ether oxygens (including phenoxy) is 1. The summed E-state index contributed by atoms with van der Waals surface area (Å²) in [5, 5.41) is 0. The molecule has 1 fully saturated rings. The second-order valence-corrected chi connectivity index (χ2v) is 6.20. The highest BCUT2D eigenvalue weighted by molar-refractivity contribution is 7.12. The first kappa shape index (κ1) is 13.0. The molecule has 1 aromatic rings. The quantitative estimate of drug-likeness (QED) is 0.641. The van der Waals surface area contributed by atoms with E-state index in [-0.39, 0.29) is 11.6 Å². The van der Waals surface area contributed by atoms with Gasteiger partial charge in [0.15, 0.2) is 0 Å². The molecule has 1 atom stereocenters. The maximum absolute atomic E-state index is 5.86. The summed E-state index contributed by atoms with van der Waals surface area (Å²) in [6.45, 7) is 2.13. The van der Waals surface area contributed by atoms with E-state index in [1.54, 1.807) is 11.3 Å². The van der Waals surface area contributed by atoms with E-state index in [9.17, 15) is 0 Å². The fourth-order valence-corrected chi connectivity index (χ4v) is 3.91. The van der Waals surface area contributed by atoms with Gasteiger partial charge >= 0.3 is 0 Å². The molecular weight excluding hydrogens is 232 g/mol. The fraction of sp³-hybridized carbons (Fsp3) is 0.692. The molecule has 1 aromatic heterocycles. The van der Waals surface area contributed by atoms with Gasteiger partial charge in [-0.2, -0.15) is 0 Å². The molecule has 1 unspecified atom stereocenters. The number of nitrogens with two attached hydrogens (primary N) is 1. The summed E-state index contributed by atoms with van der Waals surface area (Å²) >= 11 is 1.81. The highest BCUT2D eigenvalue weighted by Gasteiger charge is 2.41. The van der Waals surface area contributed by atoms with Crippen LogP contribution in [-0.2, 0) is 4.74 Å². The van der Waals surface area contributed by atoms with E-state index in [0.29, 0.717) is 0 Å². The summed E-state index contributed by atoms with van der Waals surface area (Å²) in [5.74, 6) is 5.78. The second-order valence-electron chi connectivity index (χ2n) is 4.88. The van der Waals surface area contributed by atoms with Crippen LogP contribution in [0, 0.1) is 6.92 Å². The van der Waals surface area contributed by atoms with Gasteiger partial charge in [-0.05, 0) is 31.9 Å². The third-order valence-corrected chi connectivity index (χ3v) is 4.91. The molecule has 3 nitrogen and oxygen atoms in total. The molecular formula is C13H22N2OS. The molecule has 0 aromatic carbocycles. The lowest BCUT2D eigenvalue weighted by Crippen LogP contribution is -2.48. The van der Waals surface area contributed by atoms with Crippen LogP contribution in [0.15, 0.2) is 12.1 Å². The molecule has 0 amide bonds. The monoisotopic (exact) mass is 254 g/mol. The first-order chi connectivity index (χ1) is 8.22. The van der Waals surface area contributed by atoms with Crippen LogP contribution in [0.4, 0.5) is 0 Å². The first-order valence-electron chi connectivity index (χ1n) is 6.29. The fourth-order valence-electron chi connectivity index (χ4n) is 2.86. The predicted molar refractivity (Wildman–Crippen MR) is 71.9 cm³/mol. The second kappa shape index (κ2) is 5.48. The number of methoxy groups -OCH3 is 1. The molecule has 0 radical (unpaired) electrons. The number of rotatable bonds is 4. The number of aryl methyl sites for hydroxylation is 1. The molecule has 17 heavy (non-hydrogen) atoms. The Bertz CT molecular complexity index is 358. The average Bonchev–Trinajstić information content (AvgIpc) is 2.78. The zero-order chi connectivity index (χ0) is 12.3. The molecule has 2 rings (SSSR count). The van der Waals surface area contributed by atoms with E-state index >= 15 is 0 Å². The van der Waals surface area contributed by atoms with Gasteiger partial charge in [-0.15, -0.1) is 11.3 Å². The number of nitrogens with one attached hydrogen (secondary N) is 1. The van der Waals surface area contributed by atoms with Crippen molar-refractivity contribution in [3.63, 3.8) is 0 Å². The highest BCUT2D eigenvalue weighted by atomic mass is 32.1. The van der Waals surface area contributed by atoms with Crippen molar-refractivity contribution in [1.82, 2.24) is 5.43 Å². The van der Waals surface area contributed by atoms with E-state index in [0.717, 1.165) is 12.8 Å². The zero-order valence-corrected chi connectivity index (χ0v) is 11.5. The standard InChI is InChI=1S/C13H22N2OS/c1-10-6-7-11(17-10)12(15-14)13(16-2)8-4-3-5-9-13/h6-7,12,15H,3-5,8-9,14H2,1-2H3.